The predicted molar refractivity (Wildman–Crippen MR) is 141 cm³/mol. The summed E-state index contributed by atoms with van der Waals surface area (Å²) in [5.74, 6) is 0.0126. The molecule has 0 unspecified atom stereocenters. The van der Waals surface area contributed by atoms with Gasteiger partial charge in [-0.2, -0.15) is 0 Å². The minimum absolute atomic E-state index is 0.220. The van der Waals surface area contributed by atoms with Crippen LogP contribution in [0, 0.1) is 20.8 Å². The summed E-state index contributed by atoms with van der Waals surface area (Å²) in [7, 11) is 2.99. The minimum Gasteiger partial charge on any atom is -0.495 e. The highest BCUT2D eigenvalue weighted by Crippen LogP contribution is 2.38. The summed E-state index contributed by atoms with van der Waals surface area (Å²) in [5, 5.41) is 0. The van der Waals surface area contributed by atoms with Gasteiger partial charge in [0.05, 0.1) is 37.1 Å². The maximum Gasteiger partial charge on any atom is 0.340 e. The predicted octanol–water partition coefficient (Wildman–Crippen LogP) is 5.84. The van der Waals surface area contributed by atoms with Crippen LogP contribution in [-0.4, -0.2) is 35.6 Å². The first-order valence-electron chi connectivity index (χ1n) is 11.9. The number of hydrogen-bond donors (Lipinski definition) is 0. The maximum atomic E-state index is 13.8. The third-order valence-electron chi connectivity index (χ3n) is 6.85. The van der Waals surface area contributed by atoms with E-state index in [9.17, 15) is 9.59 Å². The molecule has 186 valence electrons. The van der Waals surface area contributed by atoms with Crippen molar-refractivity contribution < 1.29 is 19.1 Å². The zero-order valence-electron chi connectivity index (χ0n) is 21.9. The lowest BCUT2D eigenvalue weighted by Gasteiger charge is -2.26. The number of ether oxygens (including phenoxy) is 2. The number of carbonyl (C=O) groups is 2. The third kappa shape index (κ3) is 4.24. The monoisotopic (exact) mass is 484 g/mol. The lowest BCUT2D eigenvalue weighted by Crippen LogP contribution is -2.28. The van der Waals surface area contributed by atoms with Crippen LogP contribution >= 0.6 is 0 Å². The van der Waals surface area contributed by atoms with E-state index in [-0.39, 0.29) is 11.9 Å². The van der Waals surface area contributed by atoms with E-state index in [1.807, 2.05) is 76.2 Å². The maximum absolute atomic E-state index is 13.8. The number of hydrogen-bond acceptors (Lipinski definition) is 4. The van der Waals surface area contributed by atoms with E-state index >= 15 is 0 Å². The molecule has 1 atom stereocenters. The Kier molecular flexibility index (Phi) is 6.88. The van der Waals surface area contributed by atoms with Crippen LogP contribution in [0.2, 0.25) is 0 Å². The summed E-state index contributed by atoms with van der Waals surface area (Å²) in [5.41, 5.74) is 7.01. The SMILES string of the molecule is COC(=O)C1=C(C)N([C@@H](C)c2ccccc2)C(=O)/C1=C\c1cc(C)n(-c2cc(C)ccc2OC)c1C. The summed E-state index contributed by atoms with van der Waals surface area (Å²) in [6.07, 6.45) is 1.80. The molecule has 1 aliphatic heterocycles. The Morgan fingerprint density at radius 1 is 0.972 bits per heavy atom. The number of aryl methyl sites for hydroxylation is 2. The fourth-order valence-corrected chi connectivity index (χ4v) is 4.98. The van der Waals surface area contributed by atoms with Crippen molar-refractivity contribution in [2.75, 3.05) is 14.2 Å². The van der Waals surface area contributed by atoms with Crippen molar-refractivity contribution in [1.82, 2.24) is 9.47 Å². The molecule has 0 aliphatic carbocycles. The number of aromatic nitrogens is 1. The fraction of sp³-hybridized carbons (Fsp3) is 0.267. The quantitative estimate of drug-likeness (QED) is 0.326. The van der Waals surface area contributed by atoms with Crippen molar-refractivity contribution in [1.29, 1.82) is 0 Å². The Labute approximate surface area is 212 Å². The van der Waals surface area contributed by atoms with Crippen LogP contribution in [0.3, 0.4) is 0 Å². The van der Waals surface area contributed by atoms with E-state index in [0.717, 1.165) is 39.5 Å². The number of nitrogens with zero attached hydrogens (tertiary/aromatic N) is 2. The van der Waals surface area contributed by atoms with E-state index in [4.69, 9.17) is 9.47 Å². The molecular weight excluding hydrogens is 452 g/mol. The van der Waals surface area contributed by atoms with E-state index in [2.05, 4.69) is 10.6 Å². The molecule has 0 N–H and O–H groups in total. The molecule has 6 heteroatoms. The van der Waals surface area contributed by atoms with Gasteiger partial charge in [-0.05, 0) is 75.6 Å². The molecule has 4 rings (SSSR count). The Balaban J connectivity index is 1.84. The number of allylic oxidation sites excluding steroid dienone is 1. The summed E-state index contributed by atoms with van der Waals surface area (Å²) in [6.45, 7) is 9.81. The van der Waals surface area contributed by atoms with E-state index in [0.29, 0.717) is 16.8 Å². The molecule has 0 saturated heterocycles. The topological polar surface area (TPSA) is 60.8 Å². The molecule has 6 nitrogen and oxygen atoms in total. The normalized spacial score (nSPS) is 15.6. The molecule has 3 aromatic rings. The summed E-state index contributed by atoms with van der Waals surface area (Å²) in [4.78, 5) is 28.3. The summed E-state index contributed by atoms with van der Waals surface area (Å²) < 4.78 is 12.8. The highest BCUT2D eigenvalue weighted by atomic mass is 16.5. The first-order valence-corrected chi connectivity index (χ1v) is 11.9. The third-order valence-corrected chi connectivity index (χ3v) is 6.85. The lowest BCUT2D eigenvalue weighted by molar-refractivity contribution is -0.136. The number of benzene rings is 2. The molecule has 0 spiro atoms. The highest BCUT2D eigenvalue weighted by Gasteiger charge is 2.39. The van der Waals surface area contributed by atoms with Crippen LogP contribution in [0.5, 0.6) is 5.75 Å². The average molecular weight is 485 g/mol. The smallest absolute Gasteiger partial charge is 0.340 e. The highest BCUT2D eigenvalue weighted by molar-refractivity contribution is 6.16. The Morgan fingerprint density at radius 2 is 1.67 bits per heavy atom. The van der Waals surface area contributed by atoms with Gasteiger partial charge in [0, 0.05) is 17.1 Å². The van der Waals surface area contributed by atoms with Gasteiger partial charge in [-0.25, -0.2) is 4.79 Å². The first-order chi connectivity index (χ1) is 17.2. The van der Waals surface area contributed by atoms with Gasteiger partial charge in [0.15, 0.2) is 0 Å². The van der Waals surface area contributed by atoms with Crippen molar-refractivity contribution in [3.8, 4) is 11.4 Å². The van der Waals surface area contributed by atoms with Gasteiger partial charge in [0.2, 0.25) is 0 Å². The van der Waals surface area contributed by atoms with Gasteiger partial charge in [0.1, 0.15) is 5.75 Å². The van der Waals surface area contributed by atoms with Crippen molar-refractivity contribution >= 4 is 18.0 Å². The Morgan fingerprint density at radius 3 is 2.31 bits per heavy atom. The molecule has 0 bridgehead atoms. The Hall–Kier alpha value is -4.06. The second-order valence-corrected chi connectivity index (χ2v) is 9.11. The van der Waals surface area contributed by atoms with Gasteiger partial charge in [0.25, 0.3) is 5.91 Å². The molecule has 1 aromatic heterocycles. The van der Waals surface area contributed by atoms with Crippen LogP contribution in [0.4, 0.5) is 0 Å². The number of methoxy groups -OCH3 is 2. The molecule has 2 heterocycles. The molecule has 36 heavy (non-hydrogen) atoms. The van der Waals surface area contributed by atoms with Gasteiger partial charge < -0.3 is 18.9 Å². The Bertz CT molecular complexity index is 1400. The number of amides is 1. The van der Waals surface area contributed by atoms with Gasteiger partial charge in [-0.1, -0.05) is 36.4 Å². The molecule has 2 aromatic carbocycles. The van der Waals surface area contributed by atoms with Crippen LogP contribution in [-0.2, 0) is 14.3 Å². The van der Waals surface area contributed by atoms with E-state index in [1.165, 1.54) is 7.11 Å². The van der Waals surface area contributed by atoms with Crippen LogP contribution in [0.1, 0.15) is 48.0 Å². The van der Waals surface area contributed by atoms with Crippen LogP contribution in [0.25, 0.3) is 11.8 Å². The largest absolute Gasteiger partial charge is 0.495 e. The molecule has 0 saturated carbocycles. The van der Waals surface area contributed by atoms with Crippen molar-refractivity contribution in [2.45, 2.75) is 40.7 Å². The number of rotatable bonds is 6. The second-order valence-electron chi connectivity index (χ2n) is 9.11. The molecular formula is C30H32N2O4. The molecule has 1 aliphatic rings. The molecule has 0 fully saturated rings. The molecule has 1 amide bonds. The van der Waals surface area contributed by atoms with E-state index in [1.54, 1.807) is 25.0 Å². The van der Waals surface area contributed by atoms with Crippen molar-refractivity contribution in [3.63, 3.8) is 0 Å². The van der Waals surface area contributed by atoms with Gasteiger partial charge in [-0.3, -0.25) is 4.79 Å². The van der Waals surface area contributed by atoms with Gasteiger partial charge >= 0.3 is 5.97 Å². The van der Waals surface area contributed by atoms with Crippen LogP contribution < -0.4 is 4.74 Å². The minimum atomic E-state index is -0.524. The van der Waals surface area contributed by atoms with E-state index < -0.39 is 5.97 Å². The van der Waals surface area contributed by atoms with Crippen LogP contribution in [0.15, 0.2) is 71.4 Å². The van der Waals surface area contributed by atoms with Crippen molar-refractivity contribution in [3.05, 3.63) is 99.5 Å². The van der Waals surface area contributed by atoms with Gasteiger partial charge in [-0.15, -0.1) is 0 Å². The lowest BCUT2D eigenvalue weighted by atomic mass is 10.0. The molecule has 0 radical (unpaired) electrons. The van der Waals surface area contributed by atoms with Crippen molar-refractivity contribution in [2.24, 2.45) is 0 Å². The number of esters is 1. The first kappa shape index (κ1) is 25.0. The summed E-state index contributed by atoms with van der Waals surface area (Å²) in [6, 6.07) is 17.6. The second kappa shape index (κ2) is 9.90. The average Bonchev–Trinajstić information content (AvgIpc) is 3.29. The zero-order valence-corrected chi connectivity index (χ0v) is 21.9. The standard InChI is InChI=1S/C30H32N2O4/c1-18-13-14-27(35-6)26(15-18)31-19(2)16-24(21(31)4)17-25-28(30(34)36-7)22(5)32(29(25)33)20(3)23-11-9-8-10-12-23/h8-17,20H,1-7H3/b25-17-/t20-/m0/s1. The fourth-order valence-electron chi connectivity index (χ4n) is 4.98. The summed E-state index contributed by atoms with van der Waals surface area (Å²) >= 11 is 0. The zero-order chi connectivity index (χ0) is 26.1. The number of carbonyl (C=O) groups excluding carboxylic acids is 2.